The zero-order valence-corrected chi connectivity index (χ0v) is 19.8. The smallest absolute Gasteiger partial charge is 0.282 e. The molecule has 1 aliphatic rings. The number of hydrogen-bond acceptors (Lipinski definition) is 7. The fraction of sp³-hybridized carbons (Fsp3) is 0.217. The SMILES string of the molecule is Cc1sc2c(c1C)c(=O)nc1n2[C@H](c2ccccc2)[C@H](Sc2ccc([N+](=O)[O-])cc2)CS1. The number of benzene rings is 2. The van der Waals surface area contributed by atoms with E-state index in [4.69, 9.17) is 0 Å². The van der Waals surface area contributed by atoms with Crippen LogP contribution in [0.2, 0.25) is 0 Å². The first kappa shape index (κ1) is 21.2. The quantitative estimate of drug-likeness (QED) is 0.207. The molecule has 0 saturated carbocycles. The number of non-ortho nitro benzene ring substituents is 1. The van der Waals surface area contributed by atoms with Crippen LogP contribution < -0.4 is 5.56 Å². The van der Waals surface area contributed by atoms with Crippen molar-refractivity contribution in [2.24, 2.45) is 0 Å². The molecule has 4 aromatic rings. The van der Waals surface area contributed by atoms with Crippen molar-refractivity contribution in [3.8, 4) is 0 Å². The molecule has 1 aliphatic heterocycles. The van der Waals surface area contributed by atoms with E-state index in [-0.39, 0.29) is 27.5 Å². The maximum Gasteiger partial charge on any atom is 0.282 e. The summed E-state index contributed by atoms with van der Waals surface area (Å²) in [6.07, 6.45) is 0. The molecule has 0 amide bonds. The normalized spacial score (nSPS) is 17.9. The summed E-state index contributed by atoms with van der Waals surface area (Å²) in [4.78, 5) is 31.0. The molecule has 0 radical (unpaired) electrons. The maximum atomic E-state index is 12.8. The van der Waals surface area contributed by atoms with E-state index >= 15 is 0 Å². The van der Waals surface area contributed by atoms with Crippen molar-refractivity contribution in [3.63, 3.8) is 0 Å². The summed E-state index contributed by atoms with van der Waals surface area (Å²) < 4.78 is 2.23. The molecule has 9 heteroatoms. The highest BCUT2D eigenvalue weighted by atomic mass is 32.2. The van der Waals surface area contributed by atoms with Gasteiger partial charge < -0.3 is 4.57 Å². The lowest BCUT2D eigenvalue weighted by Gasteiger charge is -2.35. The van der Waals surface area contributed by atoms with Crippen LogP contribution in [0.25, 0.3) is 10.2 Å². The van der Waals surface area contributed by atoms with Gasteiger partial charge in [0.05, 0.1) is 16.4 Å². The van der Waals surface area contributed by atoms with E-state index < -0.39 is 0 Å². The third-order valence-corrected chi connectivity index (χ3v) is 9.45. The van der Waals surface area contributed by atoms with Crippen molar-refractivity contribution in [3.05, 3.63) is 91.1 Å². The number of rotatable bonds is 4. The predicted molar refractivity (Wildman–Crippen MR) is 131 cm³/mol. The first-order valence-corrected chi connectivity index (χ1v) is 12.7. The Morgan fingerprint density at radius 1 is 1.12 bits per heavy atom. The molecular weight excluding hydrogens is 462 g/mol. The number of aromatic nitrogens is 2. The number of nitro benzene ring substituents is 1. The molecule has 0 unspecified atom stereocenters. The first-order valence-electron chi connectivity index (χ1n) is 10.0. The van der Waals surface area contributed by atoms with Crippen LogP contribution >= 0.6 is 34.9 Å². The Morgan fingerprint density at radius 2 is 1.84 bits per heavy atom. The van der Waals surface area contributed by atoms with Gasteiger partial charge in [0, 0.05) is 32.9 Å². The molecular formula is C23H19N3O3S3. The second kappa shape index (κ2) is 8.38. The Balaban J connectivity index is 1.65. The number of fused-ring (bicyclic) bond motifs is 3. The van der Waals surface area contributed by atoms with Crippen LogP contribution in [0, 0.1) is 24.0 Å². The van der Waals surface area contributed by atoms with E-state index in [2.05, 4.69) is 21.7 Å². The number of nitrogens with zero attached hydrogens (tertiary/aromatic N) is 3. The van der Waals surface area contributed by atoms with Crippen LogP contribution in [0.1, 0.15) is 22.0 Å². The monoisotopic (exact) mass is 481 g/mol. The van der Waals surface area contributed by atoms with Crippen molar-refractivity contribution in [2.75, 3.05) is 5.75 Å². The van der Waals surface area contributed by atoms with Crippen LogP contribution in [-0.2, 0) is 0 Å². The van der Waals surface area contributed by atoms with Crippen LogP contribution in [-0.4, -0.2) is 25.5 Å². The summed E-state index contributed by atoms with van der Waals surface area (Å²) in [6, 6.07) is 17.0. The van der Waals surface area contributed by atoms with Crippen molar-refractivity contribution in [1.82, 2.24) is 9.55 Å². The van der Waals surface area contributed by atoms with Gasteiger partial charge in [-0.1, -0.05) is 42.1 Å². The van der Waals surface area contributed by atoms with Crippen molar-refractivity contribution in [2.45, 2.75) is 35.2 Å². The zero-order valence-electron chi connectivity index (χ0n) is 17.3. The van der Waals surface area contributed by atoms with Gasteiger partial charge in [0.15, 0.2) is 5.16 Å². The lowest BCUT2D eigenvalue weighted by Crippen LogP contribution is -2.32. The minimum absolute atomic E-state index is 0.0132. The van der Waals surface area contributed by atoms with E-state index in [1.807, 2.05) is 44.2 Å². The van der Waals surface area contributed by atoms with E-state index in [0.717, 1.165) is 36.6 Å². The summed E-state index contributed by atoms with van der Waals surface area (Å²) in [5.74, 6) is 0.780. The van der Waals surface area contributed by atoms with Crippen molar-refractivity contribution >= 4 is 50.8 Å². The fourth-order valence-corrected chi connectivity index (χ4v) is 7.77. The molecule has 3 heterocycles. The highest BCUT2D eigenvalue weighted by molar-refractivity contribution is 8.03. The highest BCUT2D eigenvalue weighted by Gasteiger charge is 2.35. The maximum absolute atomic E-state index is 12.8. The Bertz CT molecular complexity index is 1380. The van der Waals surface area contributed by atoms with Crippen LogP contribution in [0.15, 0.2) is 69.4 Å². The lowest BCUT2D eigenvalue weighted by atomic mass is 10.0. The molecule has 0 bridgehead atoms. The van der Waals surface area contributed by atoms with Crippen LogP contribution in [0.4, 0.5) is 5.69 Å². The summed E-state index contributed by atoms with van der Waals surface area (Å²) >= 11 is 4.95. The van der Waals surface area contributed by atoms with E-state index in [9.17, 15) is 14.9 Å². The number of thioether (sulfide) groups is 2. The molecule has 6 nitrogen and oxygen atoms in total. The molecule has 0 spiro atoms. The summed E-state index contributed by atoms with van der Waals surface area (Å²) in [5, 5.41) is 12.6. The molecule has 0 N–H and O–H groups in total. The first-order chi connectivity index (χ1) is 15.4. The lowest BCUT2D eigenvalue weighted by molar-refractivity contribution is -0.384. The minimum atomic E-state index is -0.381. The van der Waals surface area contributed by atoms with Gasteiger partial charge in [-0.05, 0) is 37.1 Å². The van der Waals surface area contributed by atoms with Gasteiger partial charge in [0.1, 0.15) is 4.83 Å². The minimum Gasteiger partial charge on any atom is -0.303 e. The highest BCUT2D eigenvalue weighted by Crippen LogP contribution is 2.45. The second-order valence-corrected chi connectivity index (χ2v) is 11.1. The van der Waals surface area contributed by atoms with Gasteiger partial charge in [-0.15, -0.1) is 23.1 Å². The van der Waals surface area contributed by atoms with E-state index in [0.29, 0.717) is 5.39 Å². The Kier molecular flexibility index (Phi) is 5.56. The molecule has 32 heavy (non-hydrogen) atoms. The van der Waals surface area contributed by atoms with Gasteiger partial charge in [-0.25, -0.2) is 0 Å². The van der Waals surface area contributed by atoms with Crippen LogP contribution in [0.3, 0.4) is 0 Å². The van der Waals surface area contributed by atoms with Gasteiger partial charge in [-0.2, -0.15) is 4.98 Å². The third kappa shape index (κ3) is 3.64. The van der Waals surface area contributed by atoms with Crippen molar-refractivity contribution in [1.29, 1.82) is 0 Å². The number of nitro groups is 1. The number of hydrogen-bond donors (Lipinski definition) is 0. The molecule has 2 aromatic carbocycles. The average Bonchev–Trinajstić information content (AvgIpc) is 3.10. The molecule has 162 valence electrons. The van der Waals surface area contributed by atoms with Crippen molar-refractivity contribution < 1.29 is 4.92 Å². The molecule has 5 rings (SSSR count). The Hall–Kier alpha value is -2.62. The topological polar surface area (TPSA) is 78.0 Å². The van der Waals surface area contributed by atoms with Gasteiger partial charge in [-0.3, -0.25) is 14.9 Å². The third-order valence-electron chi connectivity index (χ3n) is 5.69. The second-order valence-electron chi connectivity index (χ2n) is 7.61. The molecule has 2 aromatic heterocycles. The molecule has 0 aliphatic carbocycles. The molecule has 0 saturated heterocycles. The van der Waals surface area contributed by atoms with E-state index in [1.165, 1.54) is 0 Å². The summed E-state index contributed by atoms with van der Waals surface area (Å²) in [7, 11) is 0. The standard InChI is InChI=1S/C23H19N3O3S3/c1-13-14(2)31-22-19(13)21(27)24-23-25(22)20(15-6-4-3-5-7-15)18(12-30-23)32-17-10-8-16(9-11-17)26(28)29/h3-11,18,20H,12H2,1-2H3/t18-,20-/m1/s1. The summed E-state index contributed by atoms with van der Waals surface area (Å²) in [5.41, 5.74) is 2.09. The fourth-order valence-electron chi connectivity index (χ4n) is 4.01. The predicted octanol–water partition coefficient (Wildman–Crippen LogP) is 5.84. The number of aryl methyl sites for hydroxylation is 2. The number of thiophene rings is 1. The molecule has 0 fully saturated rings. The Morgan fingerprint density at radius 3 is 2.53 bits per heavy atom. The van der Waals surface area contributed by atoms with E-state index in [1.54, 1.807) is 47.0 Å². The average molecular weight is 482 g/mol. The van der Waals surface area contributed by atoms with Crippen LogP contribution in [0.5, 0.6) is 0 Å². The van der Waals surface area contributed by atoms with Gasteiger partial charge >= 0.3 is 0 Å². The Labute approximate surface area is 196 Å². The zero-order chi connectivity index (χ0) is 22.4. The van der Waals surface area contributed by atoms with Gasteiger partial charge in [0.2, 0.25) is 0 Å². The summed E-state index contributed by atoms with van der Waals surface area (Å²) in [6.45, 7) is 4.03. The molecule has 2 atom stereocenters. The largest absolute Gasteiger partial charge is 0.303 e. The van der Waals surface area contributed by atoms with Gasteiger partial charge in [0.25, 0.3) is 11.2 Å².